The van der Waals surface area contributed by atoms with Gasteiger partial charge >= 0.3 is 0 Å². The van der Waals surface area contributed by atoms with Gasteiger partial charge in [-0.05, 0) is 75.9 Å². The standard InChI is InChI=1S/C28H41NP2/c1-8-11-22-29(30(6)25(9-2)20-21-26(30)10-3)31(7,27-18-14-12-16-23(27)4)28-19-15-13-17-24(28)5/h12-21,25-26H,6-11,22H2,1-5H3/t25-,26-/m1/s1. The molecule has 0 spiro atoms. The normalized spacial score (nSPS) is 20.5. The quantitative estimate of drug-likeness (QED) is 0.212. The molecule has 1 nitrogen and oxygen atoms in total. The van der Waals surface area contributed by atoms with Gasteiger partial charge in [-0.2, -0.15) is 6.66 Å². The molecular formula is C28H41NP2. The van der Waals surface area contributed by atoms with Crippen molar-refractivity contribution >= 4 is 25.4 Å². The Balaban J connectivity index is 2.32. The minimum absolute atomic E-state index is 0.559. The summed E-state index contributed by atoms with van der Waals surface area (Å²) < 4.78 is 2.91. The van der Waals surface area contributed by atoms with Crippen LogP contribution in [0.25, 0.3) is 0 Å². The van der Waals surface area contributed by atoms with Crippen LogP contribution in [0.3, 0.4) is 0 Å². The molecule has 1 heterocycles. The maximum absolute atomic E-state index is 5.21. The lowest BCUT2D eigenvalue weighted by atomic mass is 10.2. The summed E-state index contributed by atoms with van der Waals surface area (Å²) in [5, 5.41) is 2.86. The third-order valence-electron chi connectivity index (χ3n) is 7.10. The predicted molar refractivity (Wildman–Crippen MR) is 145 cm³/mol. The van der Waals surface area contributed by atoms with Crippen LogP contribution in [0.15, 0.2) is 60.7 Å². The number of hydrogen-bond donors (Lipinski definition) is 0. The highest BCUT2D eigenvalue weighted by atomic mass is 31.2. The van der Waals surface area contributed by atoms with Crippen molar-refractivity contribution in [3.63, 3.8) is 0 Å². The van der Waals surface area contributed by atoms with E-state index in [-0.39, 0.29) is 0 Å². The van der Waals surface area contributed by atoms with Gasteiger partial charge in [-0.15, -0.1) is 11.1 Å². The minimum atomic E-state index is -2.07. The number of aryl methyl sites for hydroxylation is 2. The van der Waals surface area contributed by atoms with E-state index in [1.165, 1.54) is 34.6 Å². The Labute approximate surface area is 193 Å². The molecule has 0 aromatic heterocycles. The van der Waals surface area contributed by atoms with E-state index in [2.05, 4.69) is 99.7 Å². The Morgan fingerprint density at radius 2 is 1.29 bits per heavy atom. The summed E-state index contributed by atoms with van der Waals surface area (Å²) in [5.74, 6) is 0. The summed E-state index contributed by atoms with van der Waals surface area (Å²) in [5.41, 5.74) is 3.83. The second-order valence-corrected chi connectivity index (χ2v) is 15.9. The Hall–Kier alpha value is -1.00. The highest BCUT2D eigenvalue weighted by Crippen LogP contribution is 2.83. The summed E-state index contributed by atoms with van der Waals surface area (Å²) in [6.45, 7) is 23.0. The number of allylic oxidation sites excluding steroid dienone is 2. The number of nitrogens with zero attached hydrogens (tertiary/aromatic N) is 1. The molecule has 1 aliphatic heterocycles. The fraction of sp³-hybridized carbons (Fsp3) is 0.429. The molecular weight excluding hydrogens is 412 g/mol. The van der Waals surface area contributed by atoms with E-state index in [1.807, 2.05) is 0 Å². The molecule has 0 N–H and O–H groups in total. The summed E-state index contributed by atoms with van der Waals surface area (Å²) in [4.78, 5) is 0. The van der Waals surface area contributed by atoms with Gasteiger partial charge in [0.25, 0.3) is 0 Å². The first-order chi connectivity index (χ1) is 14.8. The third-order valence-corrected chi connectivity index (χ3v) is 17.0. The van der Waals surface area contributed by atoms with E-state index in [9.17, 15) is 0 Å². The molecule has 3 rings (SSSR count). The average Bonchev–Trinajstić information content (AvgIpc) is 3.10. The van der Waals surface area contributed by atoms with Crippen molar-refractivity contribution in [1.29, 1.82) is 0 Å². The first-order valence-corrected chi connectivity index (χ1v) is 15.9. The summed E-state index contributed by atoms with van der Waals surface area (Å²) in [7, 11) is -3.79. The van der Waals surface area contributed by atoms with Gasteiger partial charge in [0.05, 0.1) is 35.9 Å². The topological polar surface area (TPSA) is 3.24 Å². The number of unbranched alkanes of at least 4 members (excludes halogenated alkanes) is 1. The van der Waals surface area contributed by atoms with Crippen LogP contribution in [-0.4, -0.2) is 22.3 Å². The lowest BCUT2D eigenvalue weighted by Gasteiger charge is -2.51. The molecule has 2 atom stereocenters. The number of hydrogen-bond acceptors (Lipinski definition) is 1. The van der Waals surface area contributed by atoms with Crippen LogP contribution in [0.1, 0.15) is 57.6 Å². The van der Waals surface area contributed by atoms with Crippen LogP contribution in [0, 0.1) is 27.2 Å². The third kappa shape index (κ3) is 4.31. The molecule has 2 aromatic rings. The van der Waals surface area contributed by atoms with Crippen molar-refractivity contribution in [2.75, 3.05) is 6.54 Å². The van der Waals surface area contributed by atoms with E-state index in [0.717, 1.165) is 19.4 Å². The molecule has 0 saturated carbocycles. The summed E-state index contributed by atoms with van der Waals surface area (Å²) in [6.07, 6.45) is 9.70. The summed E-state index contributed by atoms with van der Waals surface area (Å²) in [6, 6.07) is 17.9. The zero-order valence-electron chi connectivity index (χ0n) is 20.2. The fourth-order valence-corrected chi connectivity index (χ4v) is 15.9. The van der Waals surface area contributed by atoms with Crippen LogP contribution in [0.2, 0.25) is 0 Å². The van der Waals surface area contributed by atoms with Gasteiger partial charge in [0.15, 0.2) is 0 Å². The molecule has 2 aromatic carbocycles. The molecule has 0 saturated heterocycles. The number of rotatable bonds is 9. The second kappa shape index (κ2) is 10.3. The van der Waals surface area contributed by atoms with Crippen LogP contribution in [0.4, 0.5) is 0 Å². The first-order valence-electron chi connectivity index (χ1n) is 11.9. The van der Waals surface area contributed by atoms with Gasteiger partial charge in [-0.25, -0.2) is 0 Å². The van der Waals surface area contributed by atoms with Gasteiger partial charge in [-0.3, -0.25) is 0 Å². The monoisotopic (exact) mass is 453 g/mol. The summed E-state index contributed by atoms with van der Waals surface area (Å²) >= 11 is 0. The maximum atomic E-state index is 5.21. The van der Waals surface area contributed by atoms with Crippen molar-refractivity contribution in [2.24, 2.45) is 0 Å². The second-order valence-electron chi connectivity index (χ2n) is 9.01. The van der Waals surface area contributed by atoms with E-state index >= 15 is 0 Å². The zero-order chi connectivity index (χ0) is 22.6. The van der Waals surface area contributed by atoms with E-state index in [4.69, 9.17) is 13.3 Å². The van der Waals surface area contributed by atoms with Gasteiger partial charge in [0.1, 0.15) is 0 Å². The van der Waals surface area contributed by atoms with Crippen LogP contribution < -0.4 is 10.6 Å². The molecule has 0 fully saturated rings. The van der Waals surface area contributed by atoms with E-state index in [1.54, 1.807) is 0 Å². The van der Waals surface area contributed by atoms with Gasteiger partial charge in [0, 0.05) is 0 Å². The minimum Gasteiger partial charge on any atom is -0.158 e. The van der Waals surface area contributed by atoms with Crippen molar-refractivity contribution < 1.29 is 0 Å². The zero-order valence-corrected chi connectivity index (χ0v) is 22.0. The Kier molecular flexibility index (Phi) is 8.18. The molecule has 3 heteroatoms. The fourth-order valence-electron chi connectivity index (χ4n) is 5.32. The molecule has 0 radical (unpaired) electrons. The van der Waals surface area contributed by atoms with Crippen molar-refractivity contribution in [2.45, 2.75) is 71.6 Å². The lowest BCUT2D eigenvalue weighted by Crippen LogP contribution is -2.41. The predicted octanol–water partition coefficient (Wildman–Crippen LogP) is 7.93. The molecule has 0 amide bonds. The lowest BCUT2D eigenvalue weighted by molar-refractivity contribution is 0.617. The highest BCUT2D eigenvalue weighted by molar-refractivity contribution is 7.97. The van der Waals surface area contributed by atoms with E-state index < -0.39 is 14.8 Å². The largest absolute Gasteiger partial charge is 0.158 e. The molecule has 0 aliphatic carbocycles. The van der Waals surface area contributed by atoms with Crippen molar-refractivity contribution in [1.82, 2.24) is 4.44 Å². The molecule has 168 valence electrons. The number of benzene rings is 2. The van der Waals surface area contributed by atoms with Crippen molar-refractivity contribution in [3.05, 3.63) is 85.1 Å². The Morgan fingerprint density at radius 1 is 0.839 bits per heavy atom. The van der Waals surface area contributed by atoms with Crippen LogP contribution in [0.5, 0.6) is 0 Å². The smallest absolute Gasteiger partial charge is 0.0934 e. The van der Waals surface area contributed by atoms with Crippen molar-refractivity contribution in [3.8, 4) is 0 Å². The molecule has 0 unspecified atom stereocenters. The van der Waals surface area contributed by atoms with Crippen LogP contribution >= 0.6 is 14.8 Å². The maximum Gasteiger partial charge on any atom is 0.0934 e. The highest BCUT2D eigenvalue weighted by Gasteiger charge is 2.57. The molecule has 0 bridgehead atoms. The Bertz CT molecular complexity index is 844. The average molecular weight is 454 g/mol. The molecule has 31 heavy (non-hydrogen) atoms. The first kappa shape index (κ1) is 24.6. The van der Waals surface area contributed by atoms with Crippen LogP contribution in [-0.2, 0) is 0 Å². The van der Waals surface area contributed by atoms with Gasteiger partial charge < -0.3 is 0 Å². The van der Waals surface area contributed by atoms with Gasteiger partial charge in [-0.1, -0.05) is 63.6 Å². The van der Waals surface area contributed by atoms with E-state index in [0.29, 0.717) is 11.3 Å². The van der Waals surface area contributed by atoms with Gasteiger partial charge in [0.2, 0.25) is 0 Å². The molecule has 1 aliphatic rings. The Morgan fingerprint density at radius 3 is 1.68 bits per heavy atom. The SMILES string of the molecule is [CH2-][P+](c1ccccc1C)(c1ccccc1C)N(CCCC)[P+]1([CH2-])[C@H](CC)C=C[C@H]1CC.